The van der Waals surface area contributed by atoms with Crippen molar-refractivity contribution in [1.29, 1.82) is 0 Å². The number of hydrogen-bond acceptors (Lipinski definition) is 4. The summed E-state index contributed by atoms with van der Waals surface area (Å²) in [5, 5.41) is 4.33. The standard InChI is InChI=1S/C22H29ClN2O2/c1-3-25-12-6-10-20(25)15-24-14-18-8-5-11-21(26-2)22(18)27-16-17-7-4-9-19(23)13-17/h4-5,7-9,11,13,20,24H,3,6,10,12,14-16H2,1-2H3. The summed E-state index contributed by atoms with van der Waals surface area (Å²) in [5.74, 6) is 1.55. The van der Waals surface area contributed by atoms with E-state index in [0.29, 0.717) is 12.6 Å². The third-order valence-corrected chi connectivity index (χ3v) is 5.39. The number of para-hydroxylation sites is 1. The van der Waals surface area contributed by atoms with Crippen LogP contribution in [0.2, 0.25) is 5.02 Å². The van der Waals surface area contributed by atoms with Gasteiger partial charge in [-0.1, -0.05) is 42.8 Å². The zero-order chi connectivity index (χ0) is 19.1. The van der Waals surface area contributed by atoms with Crippen LogP contribution in [-0.2, 0) is 13.2 Å². The van der Waals surface area contributed by atoms with E-state index in [0.717, 1.165) is 47.3 Å². The maximum atomic E-state index is 6.13. The average Bonchev–Trinajstić information content (AvgIpc) is 3.14. The summed E-state index contributed by atoms with van der Waals surface area (Å²) < 4.78 is 11.7. The Kier molecular flexibility index (Phi) is 7.39. The first kappa shape index (κ1) is 20.0. The lowest BCUT2D eigenvalue weighted by Crippen LogP contribution is -2.37. The maximum absolute atomic E-state index is 6.13. The van der Waals surface area contributed by atoms with Gasteiger partial charge < -0.3 is 14.8 Å². The van der Waals surface area contributed by atoms with Gasteiger partial charge in [-0.25, -0.2) is 0 Å². The van der Waals surface area contributed by atoms with Crippen molar-refractivity contribution in [3.63, 3.8) is 0 Å². The van der Waals surface area contributed by atoms with Gasteiger partial charge >= 0.3 is 0 Å². The number of ether oxygens (including phenoxy) is 2. The fourth-order valence-corrected chi connectivity index (χ4v) is 3.94. The molecule has 4 nitrogen and oxygen atoms in total. The number of nitrogens with zero attached hydrogens (tertiary/aromatic N) is 1. The molecule has 146 valence electrons. The van der Waals surface area contributed by atoms with Gasteiger partial charge in [0.1, 0.15) is 6.61 Å². The minimum Gasteiger partial charge on any atom is -0.493 e. The van der Waals surface area contributed by atoms with Crippen LogP contribution in [0.25, 0.3) is 0 Å². The van der Waals surface area contributed by atoms with Crippen LogP contribution in [0.3, 0.4) is 0 Å². The number of rotatable bonds is 9. The molecular formula is C22H29ClN2O2. The SMILES string of the molecule is CCN1CCCC1CNCc1cccc(OC)c1OCc1cccc(Cl)c1. The molecule has 1 atom stereocenters. The molecule has 1 saturated heterocycles. The number of nitrogens with one attached hydrogen (secondary N) is 1. The van der Waals surface area contributed by atoms with E-state index in [9.17, 15) is 0 Å². The van der Waals surface area contributed by atoms with Gasteiger partial charge in [0.15, 0.2) is 11.5 Å². The summed E-state index contributed by atoms with van der Waals surface area (Å²) in [4.78, 5) is 2.55. The lowest BCUT2D eigenvalue weighted by Gasteiger charge is -2.23. The Bertz CT molecular complexity index is 738. The highest BCUT2D eigenvalue weighted by Gasteiger charge is 2.22. The van der Waals surface area contributed by atoms with Gasteiger partial charge in [0, 0.05) is 29.7 Å². The first-order chi connectivity index (χ1) is 13.2. The van der Waals surface area contributed by atoms with Gasteiger partial charge in [-0.05, 0) is 49.7 Å². The van der Waals surface area contributed by atoms with Crippen molar-refractivity contribution in [2.24, 2.45) is 0 Å². The third kappa shape index (κ3) is 5.38. The van der Waals surface area contributed by atoms with E-state index in [1.807, 2.05) is 36.4 Å². The Morgan fingerprint density at radius 1 is 1.22 bits per heavy atom. The molecule has 3 rings (SSSR count). The first-order valence-corrected chi connectivity index (χ1v) is 10.1. The normalized spacial score (nSPS) is 17.2. The number of hydrogen-bond donors (Lipinski definition) is 1. The van der Waals surface area contributed by atoms with Crippen LogP contribution in [0.15, 0.2) is 42.5 Å². The van der Waals surface area contributed by atoms with Crippen molar-refractivity contribution < 1.29 is 9.47 Å². The highest BCUT2D eigenvalue weighted by atomic mass is 35.5. The lowest BCUT2D eigenvalue weighted by atomic mass is 10.1. The summed E-state index contributed by atoms with van der Waals surface area (Å²) in [6.45, 7) is 6.80. The van der Waals surface area contributed by atoms with Crippen LogP contribution in [0.5, 0.6) is 11.5 Å². The number of likely N-dealkylation sites (tertiary alicyclic amines) is 1. The molecule has 0 spiro atoms. The van der Waals surface area contributed by atoms with Crippen LogP contribution in [0.4, 0.5) is 0 Å². The molecule has 1 aliphatic rings. The first-order valence-electron chi connectivity index (χ1n) is 9.69. The van der Waals surface area contributed by atoms with E-state index in [1.165, 1.54) is 19.4 Å². The monoisotopic (exact) mass is 388 g/mol. The molecule has 1 fully saturated rings. The molecule has 0 radical (unpaired) electrons. The predicted molar refractivity (Wildman–Crippen MR) is 111 cm³/mol. The number of benzene rings is 2. The molecule has 0 saturated carbocycles. The highest BCUT2D eigenvalue weighted by molar-refractivity contribution is 6.30. The topological polar surface area (TPSA) is 33.7 Å². The van der Waals surface area contributed by atoms with Crippen molar-refractivity contribution in [3.05, 3.63) is 58.6 Å². The highest BCUT2D eigenvalue weighted by Crippen LogP contribution is 2.32. The Morgan fingerprint density at radius 3 is 2.85 bits per heavy atom. The van der Waals surface area contributed by atoms with Gasteiger partial charge in [-0.15, -0.1) is 0 Å². The maximum Gasteiger partial charge on any atom is 0.166 e. The molecule has 0 aromatic heterocycles. The Morgan fingerprint density at radius 2 is 2.07 bits per heavy atom. The van der Waals surface area contributed by atoms with Crippen molar-refractivity contribution in [3.8, 4) is 11.5 Å². The van der Waals surface area contributed by atoms with Crippen molar-refractivity contribution >= 4 is 11.6 Å². The Hall–Kier alpha value is -1.75. The molecule has 1 heterocycles. The van der Waals surface area contributed by atoms with E-state index in [1.54, 1.807) is 7.11 Å². The number of likely N-dealkylation sites (N-methyl/N-ethyl adjacent to an activating group) is 1. The van der Waals surface area contributed by atoms with Gasteiger partial charge in [-0.3, -0.25) is 4.90 Å². The van der Waals surface area contributed by atoms with E-state index in [-0.39, 0.29) is 0 Å². The van der Waals surface area contributed by atoms with E-state index in [4.69, 9.17) is 21.1 Å². The summed E-state index contributed by atoms with van der Waals surface area (Å²) in [6.07, 6.45) is 2.57. The second-order valence-electron chi connectivity index (χ2n) is 6.92. The fraction of sp³-hybridized carbons (Fsp3) is 0.455. The third-order valence-electron chi connectivity index (χ3n) is 5.15. The molecule has 1 aliphatic heterocycles. The van der Waals surface area contributed by atoms with Crippen molar-refractivity contribution in [2.75, 3.05) is 26.7 Å². The summed E-state index contributed by atoms with van der Waals surface area (Å²) in [6, 6.07) is 14.4. The summed E-state index contributed by atoms with van der Waals surface area (Å²) in [7, 11) is 1.68. The van der Waals surface area contributed by atoms with E-state index >= 15 is 0 Å². The fourth-order valence-electron chi connectivity index (χ4n) is 3.72. The molecule has 1 unspecified atom stereocenters. The second-order valence-corrected chi connectivity index (χ2v) is 7.36. The lowest BCUT2D eigenvalue weighted by molar-refractivity contribution is 0.258. The molecular weight excluding hydrogens is 360 g/mol. The summed E-state index contributed by atoms with van der Waals surface area (Å²) in [5.41, 5.74) is 2.15. The summed E-state index contributed by atoms with van der Waals surface area (Å²) >= 11 is 6.08. The number of methoxy groups -OCH3 is 1. The smallest absolute Gasteiger partial charge is 0.166 e. The molecule has 0 amide bonds. The minimum absolute atomic E-state index is 0.459. The molecule has 2 aromatic carbocycles. The minimum atomic E-state index is 0.459. The molecule has 2 aromatic rings. The molecule has 27 heavy (non-hydrogen) atoms. The zero-order valence-corrected chi connectivity index (χ0v) is 17.0. The van der Waals surface area contributed by atoms with Gasteiger partial charge in [-0.2, -0.15) is 0 Å². The average molecular weight is 389 g/mol. The molecule has 0 bridgehead atoms. The molecule has 5 heteroatoms. The number of halogens is 1. The van der Waals surface area contributed by atoms with Gasteiger partial charge in [0.2, 0.25) is 0 Å². The van der Waals surface area contributed by atoms with Gasteiger partial charge in [0.25, 0.3) is 0 Å². The van der Waals surface area contributed by atoms with E-state index < -0.39 is 0 Å². The van der Waals surface area contributed by atoms with Crippen LogP contribution in [0.1, 0.15) is 30.9 Å². The quantitative estimate of drug-likeness (QED) is 0.685. The largest absolute Gasteiger partial charge is 0.493 e. The van der Waals surface area contributed by atoms with Crippen LogP contribution < -0.4 is 14.8 Å². The van der Waals surface area contributed by atoms with Crippen LogP contribution in [-0.4, -0.2) is 37.7 Å². The Balaban J connectivity index is 1.64. The van der Waals surface area contributed by atoms with Crippen molar-refractivity contribution in [1.82, 2.24) is 10.2 Å². The van der Waals surface area contributed by atoms with E-state index in [2.05, 4.69) is 23.2 Å². The molecule has 0 aliphatic carbocycles. The second kappa shape index (κ2) is 9.98. The van der Waals surface area contributed by atoms with Crippen molar-refractivity contribution in [2.45, 2.75) is 39.0 Å². The van der Waals surface area contributed by atoms with Crippen LogP contribution in [0, 0.1) is 0 Å². The Labute approximate surface area is 167 Å². The van der Waals surface area contributed by atoms with Crippen LogP contribution >= 0.6 is 11.6 Å². The predicted octanol–water partition coefficient (Wildman–Crippen LogP) is 4.50. The zero-order valence-electron chi connectivity index (χ0n) is 16.2. The molecule has 1 N–H and O–H groups in total. The van der Waals surface area contributed by atoms with Gasteiger partial charge in [0.05, 0.1) is 7.11 Å².